The highest BCUT2D eigenvalue weighted by atomic mass is 32.2. The number of hydrazine groups is 1. The molecule has 0 aliphatic carbocycles. The minimum absolute atomic E-state index is 0.0181. The van der Waals surface area contributed by atoms with Crippen LogP contribution < -0.4 is 26.2 Å². The molecule has 2 aliphatic rings. The lowest BCUT2D eigenvalue weighted by atomic mass is 10.0. The summed E-state index contributed by atoms with van der Waals surface area (Å²) in [5.74, 6) is 1.76. The lowest BCUT2D eigenvalue weighted by Crippen LogP contribution is -2.38. The topological polar surface area (TPSA) is 118 Å². The maximum atomic E-state index is 12.2. The third kappa shape index (κ3) is 3.02. The number of rotatable bonds is 4. The SMILES string of the molecule is CNC(=O)C1CC2NN(Cc3ncc(C)c(OC)c3C)c3nc(N)nc(c32)S1. The lowest BCUT2D eigenvalue weighted by Gasteiger charge is -2.25. The number of aromatic nitrogens is 3. The molecule has 10 heteroatoms. The van der Waals surface area contributed by atoms with Gasteiger partial charge in [0.15, 0.2) is 5.82 Å². The minimum atomic E-state index is -0.226. The maximum Gasteiger partial charge on any atom is 0.233 e. The van der Waals surface area contributed by atoms with Gasteiger partial charge in [-0.25, -0.2) is 10.4 Å². The molecule has 0 bridgehead atoms. The molecule has 2 atom stereocenters. The number of ether oxygens (including phenoxy) is 1. The van der Waals surface area contributed by atoms with Gasteiger partial charge in [0.1, 0.15) is 10.8 Å². The third-order valence-electron chi connectivity index (χ3n) is 5.12. The Balaban J connectivity index is 1.68. The summed E-state index contributed by atoms with van der Waals surface area (Å²) in [4.78, 5) is 25.6. The molecule has 1 amide bonds. The monoisotopic (exact) mass is 401 g/mol. The van der Waals surface area contributed by atoms with E-state index in [1.165, 1.54) is 11.8 Å². The number of amides is 1. The summed E-state index contributed by atoms with van der Waals surface area (Å²) in [6.07, 6.45) is 2.46. The Morgan fingerprint density at radius 3 is 2.96 bits per heavy atom. The third-order valence-corrected chi connectivity index (χ3v) is 6.35. The molecular weight excluding hydrogens is 378 g/mol. The number of nitrogens with zero attached hydrogens (tertiary/aromatic N) is 4. The van der Waals surface area contributed by atoms with E-state index in [0.717, 1.165) is 39.0 Å². The van der Waals surface area contributed by atoms with Gasteiger partial charge in [0, 0.05) is 29.9 Å². The summed E-state index contributed by atoms with van der Waals surface area (Å²) in [5, 5.41) is 5.19. The second-order valence-corrected chi connectivity index (χ2v) is 8.09. The average Bonchev–Trinajstić information content (AvgIpc) is 3.01. The standard InChI is InChI=1S/C18H23N7O2S/c1-8-6-21-11(9(2)14(8)27-4)7-25-15-13-10(24-25)5-12(16(26)20-3)28-17(13)23-18(19)22-15/h6,10,12,24H,5,7H2,1-4H3,(H,20,26)(H2,19,22,23). The van der Waals surface area contributed by atoms with Crippen LogP contribution in [0.1, 0.15) is 34.8 Å². The lowest BCUT2D eigenvalue weighted by molar-refractivity contribution is -0.120. The fourth-order valence-electron chi connectivity index (χ4n) is 3.76. The quantitative estimate of drug-likeness (QED) is 0.651. The van der Waals surface area contributed by atoms with Gasteiger partial charge < -0.3 is 15.8 Å². The summed E-state index contributed by atoms with van der Waals surface area (Å²) in [6, 6.07) is -0.0400. The molecule has 2 aromatic heterocycles. The van der Waals surface area contributed by atoms with Crippen LogP contribution in [0.5, 0.6) is 5.75 Å². The highest BCUT2D eigenvalue weighted by Crippen LogP contribution is 2.47. The van der Waals surface area contributed by atoms with Crippen LogP contribution in [0.25, 0.3) is 0 Å². The largest absolute Gasteiger partial charge is 0.496 e. The van der Waals surface area contributed by atoms with E-state index in [4.69, 9.17) is 10.5 Å². The molecule has 4 N–H and O–H groups in total. The van der Waals surface area contributed by atoms with E-state index in [0.29, 0.717) is 13.0 Å². The van der Waals surface area contributed by atoms with Crippen molar-refractivity contribution in [1.29, 1.82) is 0 Å². The summed E-state index contributed by atoms with van der Waals surface area (Å²) in [6.45, 7) is 4.47. The number of nitrogens with two attached hydrogens (primary N) is 1. The van der Waals surface area contributed by atoms with E-state index in [1.807, 2.05) is 25.1 Å². The molecule has 0 spiro atoms. The predicted octanol–water partition coefficient (Wildman–Crippen LogP) is 1.26. The van der Waals surface area contributed by atoms with E-state index >= 15 is 0 Å². The molecule has 0 radical (unpaired) electrons. The van der Waals surface area contributed by atoms with Crippen molar-refractivity contribution in [2.45, 2.75) is 43.1 Å². The van der Waals surface area contributed by atoms with E-state index in [2.05, 4.69) is 25.7 Å². The zero-order chi connectivity index (χ0) is 20.0. The Bertz CT molecular complexity index is 952. The molecular formula is C18H23N7O2S. The number of nitrogen functional groups attached to an aromatic ring is 1. The first-order valence-electron chi connectivity index (χ1n) is 9.01. The molecule has 2 aliphatic heterocycles. The second kappa shape index (κ2) is 7.10. The van der Waals surface area contributed by atoms with Crippen LogP contribution in [0.4, 0.5) is 11.8 Å². The fraction of sp³-hybridized carbons (Fsp3) is 0.444. The van der Waals surface area contributed by atoms with Crippen LogP contribution in [-0.4, -0.2) is 40.3 Å². The van der Waals surface area contributed by atoms with Crippen molar-refractivity contribution < 1.29 is 9.53 Å². The number of hydrogen-bond donors (Lipinski definition) is 3. The number of carbonyl (C=O) groups is 1. The Labute approximate surface area is 167 Å². The van der Waals surface area contributed by atoms with Gasteiger partial charge in [-0.15, -0.1) is 0 Å². The van der Waals surface area contributed by atoms with Crippen molar-refractivity contribution in [2.75, 3.05) is 24.9 Å². The van der Waals surface area contributed by atoms with E-state index in [-0.39, 0.29) is 23.1 Å². The van der Waals surface area contributed by atoms with Gasteiger partial charge in [-0.3, -0.25) is 14.8 Å². The van der Waals surface area contributed by atoms with Crippen LogP contribution in [-0.2, 0) is 11.3 Å². The predicted molar refractivity (Wildman–Crippen MR) is 107 cm³/mol. The first-order valence-corrected chi connectivity index (χ1v) is 9.89. The fourth-order valence-corrected chi connectivity index (χ4v) is 5.05. The van der Waals surface area contributed by atoms with E-state index < -0.39 is 0 Å². The Kier molecular flexibility index (Phi) is 4.76. The van der Waals surface area contributed by atoms with Gasteiger partial charge in [-0.1, -0.05) is 11.8 Å². The van der Waals surface area contributed by atoms with Crippen LogP contribution >= 0.6 is 11.8 Å². The minimum Gasteiger partial charge on any atom is -0.496 e. The van der Waals surface area contributed by atoms with Crippen molar-refractivity contribution in [3.8, 4) is 5.75 Å². The molecule has 4 rings (SSSR count). The van der Waals surface area contributed by atoms with E-state index in [1.54, 1.807) is 14.2 Å². The Morgan fingerprint density at radius 1 is 1.46 bits per heavy atom. The molecule has 0 fully saturated rings. The summed E-state index contributed by atoms with van der Waals surface area (Å²) < 4.78 is 5.52. The number of nitrogens with one attached hydrogen (secondary N) is 2. The molecule has 148 valence electrons. The summed E-state index contributed by atoms with van der Waals surface area (Å²) >= 11 is 1.44. The normalized spacial score (nSPS) is 20.1. The number of pyridine rings is 1. The molecule has 2 aromatic rings. The van der Waals surface area contributed by atoms with Crippen LogP contribution in [0.15, 0.2) is 11.2 Å². The molecule has 0 saturated carbocycles. The van der Waals surface area contributed by atoms with Crippen LogP contribution in [0.3, 0.4) is 0 Å². The molecule has 0 saturated heterocycles. The molecule has 0 aromatic carbocycles. The molecule has 28 heavy (non-hydrogen) atoms. The van der Waals surface area contributed by atoms with E-state index in [9.17, 15) is 4.79 Å². The zero-order valence-electron chi connectivity index (χ0n) is 16.2. The smallest absolute Gasteiger partial charge is 0.233 e. The van der Waals surface area contributed by atoms with Crippen molar-refractivity contribution in [2.24, 2.45) is 0 Å². The van der Waals surface area contributed by atoms with Crippen LogP contribution in [0.2, 0.25) is 0 Å². The van der Waals surface area contributed by atoms with Gasteiger partial charge in [-0.05, 0) is 20.3 Å². The number of methoxy groups -OCH3 is 1. The summed E-state index contributed by atoms with van der Waals surface area (Å²) in [7, 11) is 3.31. The van der Waals surface area contributed by atoms with Gasteiger partial charge in [0.25, 0.3) is 0 Å². The first kappa shape index (κ1) is 18.8. The van der Waals surface area contributed by atoms with Crippen molar-refractivity contribution in [3.05, 3.63) is 28.6 Å². The number of aryl methyl sites for hydroxylation is 1. The molecule has 2 unspecified atom stereocenters. The van der Waals surface area contributed by atoms with Crippen molar-refractivity contribution >= 4 is 29.4 Å². The average molecular weight is 401 g/mol. The number of carbonyl (C=O) groups excluding carboxylic acids is 1. The maximum absolute atomic E-state index is 12.2. The molecule has 9 nitrogen and oxygen atoms in total. The zero-order valence-corrected chi connectivity index (χ0v) is 17.1. The number of hydrogen-bond acceptors (Lipinski definition) is 9. The molecule has 4 heterocycles. The second-order valence-electron chi connectivity index (χ2n) is 6.89. The van der Waals surface area contributed by atoms with Crippen molar-refractivity contribution in [3.63, 3.8) is 0 Å². The van der Waals surface area contributed by atoms with Crippen molar-refractivity contribution in [1.82, 2.24) is 25.7 Å². The van der Waals surface area contributed by atoms with Gasteiger partial charge >= 0.3 is 0 Å². The Hall–Kier alpha value is -2.59. The van der Waals surface area contributed by atoms with Gasteiger partial charge in [0.2, 0.25) is 11.9 Å². The first-order chi connectivity index (χ1) is 13.4. The number of thioether (sulfide) groups is 1. The van der Waals surface area contributed by atoms with Crippen LogP contribution in [0, 0.1) is 13.8 Å². The summed E-state index contributed by atoms with van der Waals surface area (Å²) in [5.41, 5.74) is 13.3. The van der Waals surface area contributed by atoms with Gasteiger partial charge in [-0.2, -0.15) is 4.98 Å². The highest BCUT2D eigenvalue weighted by Gasteiger charge is 2.41. The Morgan fingerprint density at radius 2 is 2.25 bits per heavy atom. The van der Waals surface area contributed by atoms with Gasteiger partial charge in [0.05, 0.1) is 30.6 Å². The highest BCUT2D eigenvalue weighted by molar-refractivity contribution is 8.00. The number of anilines is 2.